The van der Waals surface area contributed by atoms with Crippen LogP contribution in [-0.2, 0) is 11.2 Å². The molecule has 2 aromatic carbocycles. The Labute approximate surface area is 165 Å². The number of aryl methyl sites for hydroxylation is 1. The van der Waals surface area contributed by atoms with Crippen LogP contribution >= 0.6 is 11.8 Å². The molecule has 1 amide bonds. The van der Waals surface area contributed by atoms with E-state index in [0.29, 0.717) is 12.6 Å². The molecule has 0 aromatic heterocycles. The van der Waals surface area contributed by atoms with Crippen molar-refractivity contribution in [1.82, 2.24) is 9.80 Å². The molecule has 142 valence electrons. The van der Waals surface area contributed by atoms with Gasteiger partial charge in [0.1, 0.15) is 0 Å². The summed E-state index contributed by atoms with van der Waals surface area (Å²) in [5.74, 6) is 0. The van der Waals surface area contributed by atoms with Crippen LogP contribution in [0.1, 0.15) is 29.7 Å². The molecule has 0 radical (unpaired) electrons. The van der Waals surface area contributed by atoms with Gasteiger partial charge in [0.25, 0.3) is 0 Å². The van der Waals surface area contributed by atoms with Crippen molar-refractivity contribution in [2.45, 2.75) is 36.1 Å². The predicted molar refractivity (Wildman–Crippen MR) is 108 cm³/mol. The molecule has 27 heavy (non-hydrogen) atoms. The van der Waals surface area contributed by atoms with Gasteiger partial charge >= 0.3 is 6.09 Å². The number of carbonyl (C=O) groups excluding carboxylic acids is 1. The largest absolute Gasteiger partial charge is 0.450 e. The highest BCUT2D eigenvalue weighted by Crippen LogP contribution is 2.44. The lowest BCUT2D eigenvalue weighted by molar-refractivity contribution is 0.0652. The number of hydrogen-bond donors (Lipinski definition) is 0. The van der Waals surface area contributed by atoms with E-state index in [0.717, 1.165) is 32.6 Å². The standard InChI is InChI=1S/C22H26N2O2S/c1-3-26-22(25)24-13-11-23(12-14-24)19-15-17-8-4-5-10-20(17)27-21-16(2)7-6-9-18(19)21/h4-10,19H,3,11-15H2,1-2H3/t19-/m1/s1. The minimum Gasteiger partial charge on any atom is -0.450 e. The molecule has 0 aliphatic carbocycles. The van der Waals surface area contributed by atoms with Crippen LogP contribution in [0.25, 0.3) is 0 Å². The quantitative estimate of drug-likeness (QED) is 0.765. The van der Waals surface area contributed by atoms with Gasteiger partial charge in [-0.1, -0.05) is 48.2 Å². The van der Waals surface area contributed by atoms with Crippen molar-refractivity contribution in [2.24, 2.45) is 0 Å². The molecule has 2 aromatic rings. The molecule has 5 heteroatoms. The first-order valence-corrected chi connectivity index (χ1v) is 10.5. The van der Waals surface area contributed by atoms with Gasteiger partial charge in [-0.25, -0.2) is 4.79 Å². The normalized spacial score (nSPS) is 19.8. The molecule has 0 saturated carbocycles. The molecule has 2 heterocycles. The first kappa shape index (κ1) is 18.4. The molecule has 0 N–H and O–H groups in total. The number of rotatable bonds is 2. The highest BCUT2D eigenvalue weighted by molar-refractivity contribution is 7.99. The van der Waals surface area contributed by atoms with Gasteiger partial charge in [-0.2, -0.15) is 0 Å². The summed E-state index contributed by atoms with van der Waals surface area (Å²) in [5.41, 5.74) is 4.17. The molecule has 2 aliphatic rings. The minimum atomic E-state index is -0.185. The van der Waals surface area contributed by atoms with Gasteiger partial charge in [-0.05, 0) is 43.0 Å². The fourth-order valence-electron chi connectivity index (χ4n) is 4.03. The molecule has 0 bridgehead atoms. The molecule has 1 saturated heterocycles. The van der Waals surface area contributed by atoms with Gasteiger partial charge in [-0.15, -0.1) is 0 Å². The van der Waals surface area contributed by atoms with Gasteiger partial charge in [0.2, 0.25) is 0 Å². The molecular formula is C22H26N2O2S. The number of piperazine rings is 1. The van der Waals surface area contributed by atoms with Crippen molar-refractivity contribution in [3.8, 4) is 0 Å². The second-order valence-electron chi connectivity index (χ2n) is 7.14. The summed E-state index contributed by atoms with van der Waals surface area (Å²) in [5, 5.41) is 0. The minimum absolute atomic E-state index is 0.185. The Morgan fingerprint density at radius 3 is 2.67 bits per heavy atom. The zero-order chi connectivity index (χ0) is 18.8. The molecule has 1 atom stereocenters. The first-order valence-electron chi connectivity index (χ1n) is 9.68. The highest BCUT2D eigenvalue weighted by Gasteiger charge is 2.31. The third-order valence-electron chi connectivity index (χ3n) is 5.48. The van der Waals surface area contributed by atoms with Gasteiger partial charge in [0, 0.05) is 42.0 Å². The number of benzene rings is 2. The maximum Gasteiger partial charge on any atom is 0.409 e. The Morgan fingerprint density at radius 1 is 1.11 bits per heavy atom. The van der Waals surface area contributed by atoms with E-state index in [1.165, 1.54) is 26.5 Å². The van der Waals surface area contributed by atoms with E-state index >= 15 is 0 Å². The molecule has 0 unspecified atom stereocenters. The van der Waals surface area contributed by atoms with Crippen LogP contribution in [0.3, 0.4) is 0 Å². The van der Waals surface area contributed by atoms with Crippen LogP contribution in [-0.4, -0.2) is 48.7 Å². The van der Waals surface area contributed by atoms with E-state index in [9.17, 15) is 4.79 Å². The lowest BCUT2D eigenvalue weighted by Gasteiger charge is -2.39. The van der Waals surface area contributed by atoms with Crippen LogP contribution in [0, 0.1) is 6.92 Å². The van der Waals surface area contributed by atoms with E-state index in [1.807, 2.05) is 23.6 Å². The van der Waals surface area contributed by atoms with Crippen molar-refractivity contribution in [3.05, 3.63) is 59.2 Å². The maximum absolute atomic E-state index is 12.0. The number of nitrogens with zero attached hydrogens (tertiary/aromatic N) is 2. The third kappa shape index (κ3) is 3.71. The van der Waals surface area contributed by atoms with E-state index in [4.69, 9.17) is 4.74 Å². The van der Waals surface area contributed by atoms with E-state index in [2.05, 4.69) is 54.3 Å². The smallest absolute Gasteiger partial charge is 0.409 e. The van der Waals surface area contributed by atoms with Crippen molar-refractivity contribution < 1.29 is 9.53 Å². The Balaban J connectivity index is 1.61. The topological polar surface area (TPSA) is 32.8 Å². The van der Waals surface area contributed by atoms with E-state index in [-0.39, 0.29) is 6.09 Å². The number of carbonyl (C=O) groups is 1. The van der Waals surface area contributed by atoms with Crippen molar-refractivity contribution in [2.75, 3.05) is 32.8 Å². The molecule has 2 aliphatic heterocycles. The first-order chi connectivity index (χ1) is 13.2. The number of amides is 1. The SMILES string of the molecule is CCOC(=O)N1CCN([C@@H]2Cc3ccccc3Sc3c(C)cccc32)CC1. The highest BCUT2D eigenvalue weighted by atomic mass is 32.2. The number of hydrogen-bond acceptors (Lipinski definition) is 4. The Morgan fingerprint density at radius 2 is 1.89 bits per heavy atom. The van der Waals surface area contributed by atoms with Gasteiger partial charge < -0.3 is 9.64 Å². The van der Waals surface area contributed by atoms with Crippen LogP contribution in [0.2, 0.25) is 0 Å². The van der Waals surface area contributed by atoms with Crippen molar-refractivity contribution in [3.63, 3.8) is 0 Å². The Kier molecular flexibility index (Phi) is 5.41. The van der Waals surface area contributed by atoms with E-state index < -0.39 is 0 Å². The molecule has 4 rings (SSSR count). The van der Waals surface area contributed by atoms with Crippen LogP contribution in [0.4, 0.5) is 4.79 Å². The average Bonchev–Trinajstić information content (AvgIpc) is 2.86. The fraction of sp³-hybridized carbons (Fsp3) is 0.409. The lowest BCUT2D eigenvalue weighted by atomic mass is 9.95. The summed E-state index contributed by atoms with van der Waals surface area (Å²) in [6, 6.07) is 15.8. The van der Waals surface area contributed by atoms with Crippen molar-refractivity contribution >= 4 is 17.9 Å². The third-order valence-corrected chi connectivity index (χ3v) is 6.86. The summed E-state index contributed by atoms with van der Waals surface area (Å²) < 4.78 is 5.17. The zero-order valence-electron chi connectivity index (χ0n) is 16.0. The summed E-state index contributed by atoms with van der Waals surface area (Å²) in [6.45, 7) is 7.70. The molecule has 0 spiro atoms. The maximum atomic E-state index is 12.0. The average molecular weight is 383 g/mol. The van der Waals surface area contributed by atoms with Crippen LogP contribution < -0.4 is 0 Å². The molecule has 4 nitrogen and oxygen atoms in total. The fourth-order valence-corrected chi connectivity index (χ4v) is 5.23. The van der Waals surface area contributed by atoms with Crippen LogP contribution in [0.5, 0.6) is 0 Å². The van der Waals surface area contributed by atoms with Gasteiger partial charge in [0.15, 0.2) is 0 Å². The second kappa shape index (κ2) is 7.95. The monoisotopic (exact) mass is 382 g/mol. The predicted octanol–water partition coefficient (Wildman–Crippen LogP) is 4.52. The summed E-state index contributed by atoms with van der Waals surface area (Å²) >= 11 is 1.90. The Bertz CT molecular complexity index is 831. The molecule has 1 fully saturated rings. The van der Waals surface area contributed by atoms with Crippen LogP contribution in [0.15, 0.2) is 52.3 Å². The Hall–Kier alpha value is -1.98. The number of fused-ring (bicyclic) bond motifs is 2. The molecular weight excluding hydrogens is 356 g/mol. The van der Waals surface area contributed by atoms with Gasteiger partial charge in [-0.3, -0.25) is 4.90 Å². The second-order valence-corrected chi connectivity index (χ2v) is 8.20. The van der Waals surface area contributed by atoms with Crippen molar-refractivity contribution in [1.29, 1.82) is 0 Å². The summed E-state index contributed by atoms with van der Waals surface area (Å²) in [7, 11) is 0. The summed E-state index contributed by atoms with van der Waals surface area (Å²) in [6.07, 6.45) is 0.828. The van der Waals surface area contributed by atoms with Gasteiger partial charge in [0.05, 0.1) is 6.61 Å². The van der Waals surface area contributed by atoms with E-state index in [1.54, 1.807) is 0 Å². The summed E-state index contributed by atoms with van der Waals surface area (Å²) in [4.78, 5) is 19.1. The lowest BCUT2D eigenvalue weighted by Crippen LogP contribution is -2.50. The zero-order valence-corrected chi connectivity index (χ0v) is 16.8. The number of ether oxygens (including phenoxy) is 1.